The second-order valence-corrected chi connectivity index (χ2v) is 9.57. The third kappa shape index (κ3) is 4.59. The number of aromatic nitrogens is 1. The third-order valence-electron chi connectivity index (χ3n) is 5.22. The van der Waals surface area contributed by atoms with Gasteiger partial charge in [-0.05, 0) is 37.1 Å². The fourth-order valence-electron chi connectivity index (χ4n) is 3.69. The minimum Gasteiger partial charge on any atom is -0.349 e. The molecule has 0 bridgehead atoms. The number of nitrogens with one attached hydrogen (secondary N) is 1. The zero-order valence-corrected chi connectivity index (χ0v) is 18.9. The lowest BCUT2D eigenvalue weighted by molar-refractivity contribution is -0.669. The van der Waals surface area contributed by atoms with Crippen molar-refractivity contribution in [2.75, 3.05) is 5.32 Å². The molecule has 0 saturated carbocycles. The number of anilines is 1. The highest BCUT2D eigenvalue weighted by Gasteiger charge is 2.21. The first kappa shape index (κ1) is 20.2. The van der Waals surface area contributed by atoms with Crippen LogP contribution in [-0.4, -0.2) is 0 Å². The van der Waals surface area contributed by atoms with E-state index in [1.165, 1.54) is 68.5 Å². The highest BCUT2D eigenvalue weighted by molar-refractivity contribution is 8.03. The molecule has 0 amide bonds. The van der Waals surface area contributed by atoms with E-state index in [0.29, 0.717) is 0 Å². The van der Waals surface area contributed by atoms with Gasteiger partial charge in [-0.25, -0.2) is 0 Å². The van der Waals surface area contributed by atoms with Crippen molar-refractivity contribution in [3.05, 3.63) is 70.2 Å². The molecule has 2 aromatic carbocycles. The lowest BCUT2D eigenvalue weighted by atomic mass is 10.1. The van der Waals surface area contributed by atoms with Crippen LogP contribution >= 0.6 is 23.1 Å². The number of benzene rings is 2. The molecule has 0 aliphatic carbocycles. The monoisotopic (exact) mass is 421 g/mol. The minimum absolute atomic E-state index is 1.09. The van der Waals surface area contributed by atoms with Crippen LogP contribution in [0.2, 0.25) is 0 Å². The highest BCUT2D eigenvalue weighted by atomic mass is 32.2. The van der Waals surface area contributed by atoms with Crippen molar-refractivity contribution in [1.29, 1.82) is 0 Å². The molecule has 1 aliphatic heterocycles. The molecule has 0 saturated heterocycles. The molecule has 2 heterocycles. The number of allylic oxidation sites excluding steroid dienone is 2. The standard InChI is InChI=1S/C25H28N2S2/c1-3-5-11-19-12-9-15-22-25(19)27(18-6-4-2)24(29-22)17-10-16-23-26-20-13-7-8-14-21(20)28-23/h7-10,12-17H,3-6,11,18H2,1-2H3/p+1. The SMILES string of the molecule is CCCCc1cccc2sc(C=CC=C3Nc4ccccc4S3)[n+](CCCC)c12. The van der Waals surface area contributed by atoms with Gasteiger partial charge in [-0.15, -0.1) is 0 Å². The lowest BCUT2D eigenvalue weighted by Crippen LogP contribution is -2.35. The van der Waals surface area contributed by atoms with Crippen molar-refractivity contribution in [2.45, 2.75) is 57.4 Å². The second-order valence-electron chi connectivity index (χ2n) is 7.43. The molecule has 1 aliphatic rings. The van der Waals surface area contributed by atoms with Crippen LogP contribution in [0, 0.1) is 0 Å². The van der Waals surface area contributed by atoms with Crippen LogP contribution in [0.15, 0.2) is 64.5 Å². The maximum Gasteiger partial charge on any atom is 0.262 e. The fourth-order valence-corrected chi connectivity index (χ4v) is 5.76. The van der Waals surface area contributed by atoms with Crippen molar-refractivity contribution in [3.8, 4) is 0 Å². The molecule has 29 heavy (non-hydrogen) atoms. The first-order valence-electron chi connectivity index (χ1n) is 10.7. The van der Waals surface area contributed by atoms with Crippen LogP contribution in [0.5, 0.6) is 0 Å². The molecule has 1 aromatic heterocycles. The zero-order valence-electron chi connectivity index (χ0n) is 17.3. The zero-order chi connectivity index (χ0) is 20.1. The van der Waals surface area contributed by atoms with Gasteiger partial charge < -0.3 is 5.32 Å². The van der Waals surface area contributed by atoms with Gasteiger partial charge in [0, 0.05) is 23.0 Å². The Hall–Kier alpha value is -2.04. The van der Waals surface area contributed by atoms with Crippen LogP contribution in [0.1, 0.15) is 50.1 Å². The van der Waals surface area contributed by atoms with E-state index in [1.807, 2.05) is 11.3 Å². The summed E-state index contributed by atoms with van der Waals surface area (Å²) >= 11 is 3.71. The second kappa shape index (κ2) is 9.64. The molecule has 1 N–H and O–H groups in total. The summed E-state index contributed by atoms with van der Waals surface area (Å²) < 4.78 is 3.95. The van der Waals surface area contributed by atoms with E-state index < -0.39 is 0 Å². The normalized spacial score (nSPS) is 14.8. The molecule has 0 unspecified atom stereocenters. The molecule has 0 radical (unpaired) electrons. The Morgan fingerprint density at radius 2 is 1.86 bits per heavy atom. The number of hydrogen-bond acceptors (Lipinski definition) is 3. The van der Waals surface area contributed by atoms with E-state index >= 15 is 0 Å². The summed E-state index contributed by atoms with van der Waals surface area (Å²) in [6, 6.07) is 15.3. The maximum atomic E-state index is 3.50. The largest absolute Gasteiger partial charge is 0.349 e. The third-order valence-corrected chi connectivity index (χ3v) is 7.37. The lowest BCUT2D eigenvalue weighted by Gasteiger charge is -2.02. The summed E-state index contributed by atoms with van der Waals surface area (Å²) in [7, 11) is 0. The van der Waals surface area contributed by atoms with E-state index in [9.17, 15) is 0 Å². The Morgan fingerprint density at radius 1 is 1.00 bits per heavy atom. The molecular formula is C25H29N2S2+. The van der Waals surface area contributed by atoms with Crippen LogP contribution < -0.4 is 9.88 Å². The van der Waals surface area contributed by atoms with Gasteiger partial charge in [0.2, 0.25) is 5.52 Å². The molecule has 2 nitrogen and oxygen atoms in total. The predicted octanol–water partition coefficient (Wildman–Crippen LogP) is 7.40. The summed E-state index contributed by atoms with van der Waals surface area (Å²) in [5.74, 6) is 0. The van der Waals surface area contributed by atoms with Gasteiger partial charge in [-0.1, -0.05) is 80.1 Å². The summed E-state index contributed by atoms with van der Waals surface area (Å²) in [5, 5.41) is 6.03. The van der Waals surface area contributed by atoms with E-state index in [1.54, 1.807) is 11.8 Å². The topological polar surface area (TPSA) is 15.9 Å². The molecule has 4 heteroatoms. The summed E-state index contributed by atoms with van der Waals surface area (Å²) in [4.78, 5) is 1.30. The first-order valence-corrected chi connectivity index (χ1v) is 12.3. The van der Waals surface area contributed by atoms with Gasteiger partial charge >= 0.3 is 0 Å². The first-order chi connectivity index (χ1) is 14.3. The van der Waals surface area contributed by atoms with Gasteiger partial charge in [0.1, 0.15) is 4.70 Å². The van der Waals surface area contributed by atoms with Crippen LogP contribution in [-0.2, 0) is 13.0 Å². The van der Waals surface area contributed by atoms with E-state index in [-0.39, 0.29) is 0 Å². The van der Waals surface area contributed by atoms with Crippen LogP contribution in [0.3, 0.4) is 0 Å². The number of rotatable bonds is 8. The Kier molecular flexibility index (Phi) is 6.73. The Balaban J connectivity index is 1.62. The number of thioether (sulfide) groups is 1. The Morgan fingerprint density at radius 3 is 2.69 bits per heavy atom. The number of thiazole rings is 1. The highest BCUT2D eigenvalue weighted by Crippen LogP contribution is 2.40. The Bertz CT molecular complexity index is 1020. The number of aryl methyl sites for hydroxylation is 2. The fraction of sp³-hybridized carbons (Fsp3) is 0.320. The maximum absolute atomic E-state index is 3.50. The van der Waals surface area contributed by atoms with Gasteiger partial charge in [0.05, 0.1) is 10.7 Å². The van der Waals surface area contributed by atoms with Crippen molar-refractivity contribution >= 4 is 45.1 Å². The molecule has 4 rings (SSSR count). The molecule has 0 spiro atoms. The molecule has 0 atom stereocenters. The number of hydrogen-bond donors (Lipinski definition) is 1. The summed E-state index contributed by atoms with van der Waals surface area (Å²) in [6.45, 7) is 5.63. The summed E-state index contributed by atoms with van der Waals surface area (Å²) in [5.41, 5.74) is 4.16. The van der Waals surface area contributed by atoms with Crippen molar-refractivity contribution in [2.24, 2.45) is 0 Å². The molecule has 0 fully saturated rings. The average molecular weight is 422 g/mol. The van der Waals surface area contributed by atoms with Gasteiger partial charge in [-0.3, -0.25) is 0 Å². The van der Waals surface area contributed by atoms with E-state index in [0.717, 1.165) is 6.54 Å². The molecule has 150 valence electrons. The smallest absolute Gasteiger partial charge is 0.262 e. The predicted molar refractivity (Wildman–Crippen MR) is 129 cm³/mol. The minimum atomic E-state index is 1.09. The van der Waals surface area contributed by atoms with Gasteiger partial charge in [0.15, 0.2) is 6.54 Å². The Labute approximate surface area is 182 Å². The summed E-state index contributed by atoms with van der Waals surface area (Å²) in [6.07, 6.45) is 12.8. The molecular weight excluding hydrogens is 392 g/mol. The van der Waals surface area contributed by atoms with E-state index in [2.05, 4.69) is 84.4 Å². The van der Waals surface area contributed by atoms with Crippen molar-refractivity contribution < 1.29 is 4.57 Å². The quantitative estimate of drug-likeness (QED) is 0.381. The van der Waals surface area contributed by atoms with Crippen LogP contribution in [0.4, 0.5) is 5.69 Å². The number of unbranched alkanes of at least 4 members (excludes halogenated alkanes) is 2. The van der Waals surface area contributed by atoms with Crippen molar-refractivity contribution in [1.82, 2.24) is 0 Å². The van der Waals surface area contributed by atoms with Crippen molar-refractivity contribution in [3.63, 3.8) is 0 Å². The molecule has 3 aromatic rings. The number of para-hydroxylation sites is 2. The number of nitrogens with zero attached hydrogens (tertiary/aromatic N) is 1. The van der Waals surface area contributed by atoms with Gasteiger partial charge in [0.25, 0.3) is 5.01 Å². The van der Waals surface area contributed by atoms with Gasteiger partial charge in [-0.2, -0.15) is 4.57 Å². The van der Waals surface area contributed by atoms with Crippen LogP contribution in [0.25, 0.3) is 16.3 Å². The van der Waals surface area contributed by atoms with E-state index in [4.69, 9.17) is 0 Å². The number of fused-ring (bicyclic) bond motifs is 2. The average Bonchev–Trinajstić information content (AvgIpc) is 3.31.